The summed E-state index contributed by atoms with van der Waals surface area (Å²) in [5.74, 6) is 0.448. The molecule has 0 bridgehead atoms. The van der Waals surface area contributed by atoms with Crippen molar-refractivity contribution in [2.75, 3.05) is 18.9 Å². The lowest BCUT2D eigenvalue weighted by atomic mass is 10.1. The number of fused-ring (bicyclic) bond motifs is 1. The molecule has 4 nitrogen and oxygen atoms in total. The molecule has 0 radical (unpaired) electrons. The van der Waals surface area contributed by atoms with Crippen molar-refractivity contribution in [2.24, 2.45) is 0 Å². The largest absolute Gasteiger partial charge is 0.376 e. The van der Waals surface area contributed by atoms with Crippen molar-refractivity contribution >= 4 is 28.6 Å². The van der Waals surface area contributed by atoms with Gasteiger partial charge in [0.15, 0.2) is 0 Å². The van der Waals surface area contributed by atoms with E-state index in [2.05, 4.69) is 34.6 Å². The number of aromatic amines is 1. The molecule has 0 unspecified atom stereocenters. The molecule has 1 aliphatic heterocycles. The lowest BCUT2D eigenvalue weighted by Gasteiger charge is -2.11. The van der Waals surface area contributed by atoms with Crippen LogP contribution >= 0.6 is 11.8 Å². The SMILES string of the molecule is O=C(CSc1c(-c2ccccc2)[nH]c2ccccc12)NC[C@H]1CCCO1. The van der Waals surface area contributed by atoms with Gasteiger partial charge < -0.3 is 15.0 Å². The number of carbonyl (C=O) groups excluding carboxylic acids is 1. The third-order valence-corrected chi connectivity index (χ3v) is 5.74. The van der Waals surface area contributed by atoms with Gasteiger partial charge >= 0.3 is 0 Å². The molecule has 2 N–H and O–H groups in total. The van der Waals surface area contributed by atoms with Gasteiger partial charge in [-0.3, -0.25) is 4.79 Å². The maximum atomic E-state index is 12.3. The van der Waals surface area contributed by atoms with Gasteiger partial charge in [-0.25, -0.2) is 0 Å². The number of rotatable bonds is 6. The highest BCUT2D eigenvalue weighted by Crippen LogP contribution is 2.37. The maximum Gasteiger partial charge on any atom is 0.230 e. The zero-order chi connectivity index (χ0) is 17.8. The number of thioether (sulfide) groups is 1. The molecule has 1 amide bonds. The smallest absolute Gasteiger partial charge is 0.230 e. The summed E-state index contributed by atoms with van der Waals surface area (Å²) in [5, 5.41) is 4.16. The highest BCUT2D eigenvalue weighted by Gasteiger charge is 2.18. The first-order valence-corrected chi connectivity index (χ1v) is 9.97. The average molecular weight is 366 g/mol. The lowest BCUT2D eigenvalue weighted by Crippen LogP contribution is -2.32. The number of nitrogens with one attached hydrogen (secondary N) is 2. The lowest BCUT2D eigenvalue weighted by molar-refractivity contribution is -0.119. The molecule has 1 saturated heterocycles. The second kappa shape index (κ2) is 7.98. The zero-order valence-corrected chi connectivity index (χ0v) is 15.4. The molecule has 0 saturated carbocycles. The summed E-state index contributed by atoms with van der Waals surface area (Å²) >= 11 is 1.58. The van der Waals surface area contributed by atoms with Crippen LogP contribution in [0.4, 0.5) is 0 Å². The average Bonchev–Trinajstić information content (AvgIpc) is 3.33. The Hall–Kier alpha value is -2.24. The van der Waals surface area contributed by atoms with E-state index >= 15 is 0 Å². The third kappa shape index (κ3) is 3.79. The number of carbonyl (C=O) groups is 1. The van der Waals surface area contributed by atoms with Crippen molar-refractivity contribution in [2.45, 2.75) is 23.8 Å². The predicted octanol–water partition coefficient (Wildman–Crippen LogP) is 4.22. The first-order valence-electron chi connectivity index (χ1n) is 8.98. The number of hydrogen-bond donors (Lipinski definition) is 2. The van der Waals surface area contributed by atoms with Crippen LogP contribution < -0.4 is 5.32 Å². The summed E-state index contributed by atoms with van der Waals surface area (Å²) in [5.41, 5.74) is 3.29. The highest BCUT2D eigenvalue weighted by molar-refractivity contribution is 8.00. The van der Waals surface area contributed by atoms with Crippen LogP contribution in [-0.2, 0) is 9.53 Å². The molecule has 0 spiro atoms. The fourth-order valence-electron chi connectivity index (χ4n) is 3.30. The Morgan fingerprint density at radius 3 is 2.77 bits per heavy atom. The summed E-state index contributed by atoms with van der Waals surface area (Å²) in [4.78, 5) is 16.9. The quantitative estimate of drug-likeness (QED) is 0.642. The van der Waals surface area contributed by atoms with Gasteiger partial charge in [-0.1, -0.05) is 48.5 Å². The van der Waals surface area contributed by atoms with Crippen molar-refractivity contribution in [1.29, 1.82) is 0 Å². The van der Waals surface area contributed by atoms with Gasteiger partial charge in [0.2, 0.25) is 5.91 Å². The zero-order valence-electron chi connectivity index (χ0n) is 14.5. The molecular weight excluding hydrogens is 344 g/mol. The monoisotopic (exact) mass is 366 g/mol. The number of H-pyrrole nitrogens is 1. The molecule has 26 heavy (non-hydrogen) atoms. The van der Waals surface area contributed by atoms with Crippen molar-refractivity contribution in [3.8, 4) is 11.3 Å². The van der Waals surface area contributed by atoms with E-state index in [0.717, 1.165) is 46.5 Å². The predicted molar refractivity (Wildman–Crippen MR) is 106 cm³/mol. The molecule has 2 aromatic carbocycles. The van der Waals surface area contributed by atoms with E-state index in [9.17, 15) is 4.79 Å². The number of ether oxygens (including phenoxy) is 1. The minimum atomic E-state index is 0.0507. The van der Waals surface area contributed by atoms with E-state index in [1.54, 1.807) is 11.8 Å². The molecule has 1 fully saturated rings. The van der Waals surface area contributed by atoms with Crippen LogP contribution in [0, 0.1) is 0 Å². The molecule has 2 heterocycles. The van der Waals surface area contributed by atoms with Crippen molar-refractivity contribution in [3.63, 3.8) is 0 Å². The second-order valence-electron chi connectivity index (χ2n) is 6.47. The Bertz CT molecular complexity index is 885. The van der Waals surface area contributed by atoms with E-state index < -0.39 is 0 Å². The molecule has 3 aromatic rings. The molecule has 134 valence electrons. The van der Waals surface area contributed by atoms with Crippen LogP contribution in [-0.4, -0.2) is 35.9 Å². The normalized spacial score (nSPS) is 16.8. The van der Waals surface area contributed by atoms with Gasteiger partial charge in [0, 0.05) is 29.0 Å². The van der Waals surface area contributed by atoms with Crippen LogP contribution in [0.1, 0.15) is 12.8 Å². The van der Waals surface area contributed by atoms with E-state index in [1.807, 2.05) is 30.3 Å². The van der Waals surface area contributed by atoms with Gasteiger partial charge in [0.25, 0.3) is 0 Å². The third-order valence-electron chi connectivity index (χ3n) is 4.62. The van der Waals surface area contributed by atoms with E-state index in [4.69, 9.17) is 4.74 Å². The van der Waals surface area contributed by atoms with E-state index in [0.29, 0.717) is 12.3 Å². The molecular formula is C21H22N2O2S. The Morgan fingerprint density at radius 2 is 1.96 bits per heavy atom. The van der Waals surface area contributed by atoms with Gasteiger partial charge in [-0.15, -0.1) is 11.8 Å². The fourth-order valence-corrected chi connectivity index (χ4v) is 4.32. The minimum absolute atomic E-state index is 0.0507. The number of para-hydroxylation sites is 1. The summed E-state index contributed by atoms with van der Waals surface area (Å²) in [6, 6.07) is 18.5. The Balaban J connectivity index is 1.50. The molecule has 5 heteroatoms. The Labute approximate surface area is 157 Å². The number of benzene rings is 2. The maximum absolute atomic E-state index is 12.3. The molecule has 4 rings (SSSR count). The van der Waals surface area contributed by atoms with Crippen LogP contribution in [0.2, 0.25) is 0 Å². The second-order valence-corrected chi connectivity index (χ2v) is 7.45. The Morgan fingerprint density at radius 1 is 1.15 bits per heavy atom. The summed E-state index contributed by atoms with van der Waals surface area (Å²) in [6.45, 7) is 1.42. The van der Waals surface area contributed by atoms with E-state index in [1.165, 1.54) is 0 Å². The van der Waals surface area contributed by atoms with Gasteiger partial charge in [0.1, 0.15) is 0 Å². The first-order chi connectivity index (χ1) is 12.8. The topological polar surface area (TPSA) is 54.1 Å². The fraction of sp³-hybridized carbons (Fsp3) is 0.286. The van der Waals surface area contributed by atoms with Gasteiger partial charge in [0.05, 0.1) is 17.6 Å². The van der Waals surface area contributed by atoms with Crippen molar-refractivity contribution < 1.29 is 9.53 Å². The van der Waals surface area contributed by atoms with Crippen molar-refractivity contribution in [1.82, 2.24) is 10.3 Å². The number of hydrogen-bond acceptors (Lipinski definition) is 3. The van der Waals surface area contributed by atoms with Crippen LogP contribution in [0.3, 0.4) is 0 Å². The van der Waals surface area contributed by atoms with Crippen molar-refractivity contribution in [3.05, 3.63) is 54.6 Å². The Kier molecular flexibility index (Phi) is 5.27. The number of aromatic nitrogens is 1. The number of amides is 1. The standard InChI is InChI=1S/C21H22N2O2S/c24-19(22-13-16-9-6-12-25-16)14-26-21-17-10-4-5-11-18(17)23-20(21)15-7-2-1-3-8-15/h1-5,7-8,10-11,16,23H,6,9,12-14H2,(H,22,24)/t16-/m1/s1. The molecule has 1 aromatic heterocycles. The first kappa shape index (κ1) is 17.2. The van der Waals surface area contributed by atoms with Crippen LogP contribution in [0.5, 0.6) is 0 Å². The summed E-state index contributed by atoms with van der Waals surface area (Å²) in [7, 11) is 0. The summed E-state index contributed by atoms with van der Waals surface area (Å²) < 4.78 is 5.56. The molecule has 1 aliphatic rings. The molecule has 0 aliphatic carbocycles. The highest BCUT2D eigenvalue weighted by atomic mass is 32.2. The molecule has 1 atom stereocenters. The van der Waals surface area contributed by atoms with Gasteiger partial charge in [-0.2, -0.15) is 0 Å². The van der Waals surface area contributed by atoms with E-state index in [-0.39, 0.29) is 12.0 Å². The minimum Gasteiger partial charge on any atom is -0.376 e. The van der Waals surface area contributed by atoms with Crippen LogP contribution in [0.15, 0.2) is 59.5 Å². The van der Waals surface area contributed by atoms with Crippen LogP contribution in [0.25, 0.3) is 22.2 Å². The van der Waals surface area contributed by atoms with Gasteiger partial charge in [-0.05, 0) is 24.5 Å². The summed E-state index contributed by atoms with van der Waals surface area (Å²) in [6.07, 6.45) is 2.30.